The maximum absolute atomic E-state index is 11.7. The fraction of sp³-hybridized carbons (Fsp3) is 1.00. The predicted molar refractivity (Wildman–Crippen MR) is 75.6 cm³/mol. The smallest absolute Gasteiger partial charge is 0.192 e. The van der Waals surface area contributed by atoms with Crippen molar-refractivity contribution in [1.29, 1.82) is 0 Å². The highest BCUT2D eigenvalue weighted by Gasteiger charge is 2.14. The number of piperidine rings is 2. The zero-order valence-electron chi connectivity index (χ0n) is 12.2. The van der Waals surface area contributed by atoms with Gasteiger partial charge < -0.3 is 14.5 Å². The van der Waals surface area contributed by atoms with E-state index in [0.717, 1.165) is 13.1 Å². The van der Waals surface area contributed by atoms with Gasteiger partial charge in [-0.25, -0.2) is 5.11 Å². The largest absolute Gasteiger partial charge is 0.348 e. The van der Waals surface area contributed by atoms with Crippen LogP contribution in [0.3, 0.4) is 0 Å². The fourth-order valence-electron chi connectivity index (χ4n) is 3.05. The maximum Gasteiger partial charge on any atom is 0.192 e. The Bertz CT molecular complexity index is 226. The van der Waals surface area contributed by atoms with Crippen molar-refractivity contribution >= 4 is 0 Å². The summed E-state index contributed by atoms with van der Waals surface area (Å²) in [6, 6.07) is 0. The molecule has 0 aromatic rings. The second kappa shape index (κ2) is 8.90. The van der Waals surface area contributed by atoms with Gasteiger partial charge in [-0.3, -0.25) is 0 Å². The summed E-state index contributed by atoms with van der Waals surface area (Å²) in [4.78, 5) is 4.82. The molecule has 1 unspecified atom stereocenters. The Morgan fingerprint density at radius 1 is 0.789 bits per heavy atom. The monoisotopic (exact) mass is 269 g/mol. The van der Waals surface area contributed by atoms with E-state index in [4.69, 9.17) is 4.74 Å². The average Bonchev–Trinajstić information content (AvgIpc) is 2.47. The Kier molecular flexibility index (Phi) is 7.14. The van der Waals surface area contributed by atoms with Gasteiger partial charge in [0.15, 0.2) is 6.29 Å². The molecule has 19 heavy (non-hydrogen) atoms. The first-order chi connectivity index (χ1) is 9.34. The molecule has 4 heteroatoms. The van der Waals surface area contributed by atoms with Gasteiger partial charge in [-0.1, -0.05) is 12.8 Å². The van der Waals surface area contributed by atoms with Gasteiger partial charge in [-0.2, -0.15) is 0 Å². The Labute approximate surface area is 117 Å². The Morgan fingerprint density at radius 3 is 1.89 bits per heavy atom. The van der Waals surface area contributed by atoms with Gasteiger partial charge >= 0.3 is 0 Å². The van der Waals surface area contributed by atoms with Gasteiger partial charge in [0.1, 0.15) is 0 Å². The van der Waals surface area contributed by atoms with Crippen molar-refractivity contribution in [2.24, 2.45) is 0 Å². The quantitative estimate of drug-likeness (QED) is 0.664. The van der Waals surface area contributed by atoms with Crippen molar-refractivity contribution in [3.63, 3.8) is 0 Å². The van der Waals surface area contributed by atoms with Crippen LogP contribution in [0.15, 0.2) is 0 Å². The Hall–Kier alpha value is -0.160. The third-order valence-electron chi connectivity index (χ3n) is 4.29. The first kappa shape index (κ1) is 15.2. The van der Waals surface area contributed by atoms with E-state index < -0.39 is 6.29 Å². The molecule has 0 aliphatic carbocycles. The molecule has 2 rings (SSSR count). The van der Waals surface area contributed by atoms with Crippen LogP contribution >= 0.6 is 0 Å². The minimum atomic E-state index is -0.827. The molecule has 2 aliphatic rings. The molecule has 2 fully saturated rings. The zero-order chi connectivity index (χ0) is 13.3. The second-order valence-electron chi connectivity index (χ2n) is 5.89. The van der Waals surface area contributed by atoms with Gasteiger partial charge in [0.25, 0.3) is 0 Å². The van der Waals surface area contributed by atoms with E-state index in [2.05, 4.69) is 9.80 Å². The van der Waals surface area contributed by atoms with E-state index in [1.54, 1.807) is 0 Å². The average molecular weight is 269 g/mol. The van der Waals surface area contributed by atoms with Crippen molar-refractivity contribution in [3.05, 3.63) is 0 Å². The lowest BCUT2D eigenvalue weighted by Gasteiger charge is -2.28. The lowest BCUT2D eigenvalue weighted by Crippen LogP contribution is -2.35. The van der Waals surface area contributed by atoms with Gasteiger partial charge in [0.05, 0.1) is 6.61 Å². The summed E-state index contributed by atoms with van der Waals surface area (Å²) < 4.78 is 5.41. The molecule has 2 heterocycles. The molecule has 0 saturated carbocycles. The highest BCUT2D eigenvalue weighted by atomic mass is 16.6. The minimum Gasteiger partial charge on any atom is -0.348 e. The highest BCUT2D eigenvalue weighted by molar-refractivity contribution is 4.66. The SMILES string of the molecule is [O]C(CCN1CCCCC1)OCCN1CCCCC1. The van der Waals surface area contributed by atoms with Crippen molar-refractivity contribution < 1.29 is 9.84 Å². The summed E-state index contributed by atoms with van der Waals surface area (Å²) in [5.41, 5.74) is 0. The predicted octanol–water partition coefficient (Wildman–Crippen LogP) is 2.12. The lowest BCUT2D eigenvalue weighted by atomic mass is 10.1. The zero-order valence-corrected chi connectivity index (χ0v) is 12.2. The minimum absolute atomic E-state index is 0.605. The first-order valence-electron chi connectivity index (χ1n) is 8.07. The third kappa shape index (κ3) is 6.21. The number of ether oxygens (including phenoxy) is 1. The number of rotatable bonds is 7. The number of nitrogens with zero attached hydrogens (tertiary/aromatic N) is 2. The summed E-state index contributed by atoms with van der Waals surface area (Å²) in [5, 5.41) is 11.7. The molecule has 0 amide bonds. The standard InChI is InChI=1S/C15H29N2O2/c18-15(7-12-16-8-3-1-4-9-16)19-14-13-17-10-5-2-6-11-17/h15H,1-14H2. The second-order valence-corrected chi connectivity index (χ2v) is 5.89. The van der Waals surface area contributed by atoms with Crippen molar-refractivity contribution in [2.75, 3.05) is 45.9 Å². The molecule has 0 aromatic carbocycles. The van der Waals surface area contributed by atoms with Crippen LogP contribution < -0.4 is 0 Å². The van der Waals surface area contributed by atoms with Crippen molar-refractivity contribution in [2.45, 2.75) is 51.2 Å². The molecule has 0 spiro atoms. The van der Waals surface area contributed by atoms with Gasteiger partial charge in [-0.05, 0) is 51.9 Å². The highest BCUT2D eigenvalue weighted by Crippen LogP contribution is 2.10. The maximum atomic E-state index is 11.7. The molecule has 111 valence electrons. The van der Waals surface area contributed by atoms with E-state index in [9.17, 15) is 5.11 Å². The summed E-state index contributed by atoms with van der Waals surface area (Å²) >= 11 is 0. The van der Waals surface area contributed by atoms with E-state index >= 15 is 0 Å². The molecule has 1 radical (unpaired) electrons. The normalized spacial score (nSPS) is 24.5. The summed E-state index contributed by atoms with van der Waals surface area (Å²) in [5.74, 6) is 0. The summed E-state index contributed by atoms with van der Waals surface area (Å²) in [6.45, 7) is 7.15. The molecule has 4 nitrogen and oxygen atoms in total. The van der Waals surface area contributed by atoms with E-state index in [-0.39, 0.29) is 0 Å². The van der Waals surface area contributed by atoms with Crippen LogP contribution in [0.1, 0.15) is 44.9 Å². The van der Waals surface area contributed by atoms with Crippen LogP contribution in [-0.4, -0.2) is 62.0 Å². The van der Waals surface area contributed by atoms with Gasteiger partial charge in [0, 0.05) is 19.5 Å². The molecule has 1 atom stereocenters. The number of hydrogen-bond donors (Lipinski definition) is 0. The Balaban J connectivity index is 1.47. The molecular formula is C15H29N2O2. The van der Waals surface area contributed by atoms with Crippen molar-refractivity contribution in [1.82, 2.24) is 9.80 Å². The summed E-state index contributed by atoms with van der Waals surface area (Å²) in [7, 11) is 0. The number of likely N-dealkylation sites (tertiary alicyclic amines) is 2. The van der Waals surface area contributed by atoms with Crippen LogP contribution in [0.2, 0.25) is 0 Å². The van der Waals surface area contributed by atoms with E-state index in [1.165, 1.54) is 64.7 Å². The number of hydrogen-bond acceptors (Lipinski definition) is 3. The molecule has 2 saturated heterocycles. The molecular weight excluding hydrogens is 240 g/mol. The van der Waals surface area contributed by atoms with Crippen LogP contribution in [0, 0.1) is 0 Å². The van der Waals surface area contributed by atoms with Crippen LogP contribution in [-0.2, 0) is 9.84 Å². The fourth-order valence-corrected chi connectivity index (χ4v) is 3.05. The van der Waals surface area contributed by atoms with Crippen LogP contribution in [0.5, 0.6) is 0 Å². The van der Waals surface area contributed by atoms with Crippen LogP contribution in [0.4, 0.5) is 0 Å². The Morgan fingerprint density at radius 2 is 1.32 bits per heavy atom. The first-order valence-corrected chi connectivity index (χ1v) is 8.07. The molecule has 0 N–H and O–H groups in total. The van der Waals surface area contributed by atoms with E-state index in [0.29, 0.717) is 13.0 Å². The van der Waals surface area contributed by atoms with E-state index in [1.807, 2.05) is 0 Å². The third-order valence-corrected chi connectivity index (χ3v) is 4.29. The van der Waals surface area contributed by atoms with Crippen LogP contribution in [0.25, 0.3) is 0 Å². The molecule has 0 aromatic heterocycles. The van der Waals surface area contributed by atoms with Gasteiger partial charge in [-0.15, -0.1) is 0 Å². The van der Waals surface area contributed by atoms with Crippen molar-refractivity contribution in [3.8, 4) is 0 Å². The topological polar surface area (TPSA) is 35.6 Å². The lowest BCUT2D eigenvalue weighted by molar-refractivity contribution is -0.148. The van der Waals surface area contributed by atoms with Gasteiger partial charge in [0.2, 0.25) is 0 Å². The molecule has 0 bridgehead atoms. The summed E-state index contributed by atoms with van der Waals surface area (Å²) in [6.07, 6.45) is 7.71. The molecule has 2 aliphatic heterocycles.